The molecule has 2 rings (SSSR count). The summed E-state index contributed by atoms with van der Waals surface area (Å²) in [6.45, 7) is 8.32. The monoisotopic (exact) mass is 254 g/mol. The first-order valence-corrected chi connectivity index (χ1v) is 7.00. The van der Waals surface area contributed by atoms with Gasteiger partial charge in [-0.2, -0.15) is 0 Å². The Kier molecular flexibility index (Phi) is 4.59. The largest absolute Gasteiger partial charge is 0.339 e. The van der Waals surface area contributed by atoms with Gasteiger partial charge >= 0.3 is 0 Å². The molecule has 2 aliphatic heterocycles. The van der Waals surface area contributed by atoms with Crippen LogP contribution in [0.4, 0.5) is 0 Å². The maximum atomic E-state index is 12.2. The van der Waals surface area contributed by atoms with Crippen LogP contribution in [0.15, 0.2) is 0 Å². The molecule has 2 atom stereocenters. The molecule has 18 heavy (non-hydrogen) atoms. The summed E-state index contributed by atoms with van der Waals surface area (Å²) in [6.07, 6.45) is 1.11. The van der Waals surface area contributed by atoms with Crippen molar-refractivity contribution in [3.8, 4) is 0 Å². The van der Waals surface area contributed by atoms with Gasteiger partial charge < -0.3 is 15.5 Å². The molecule has 0 aliphatic carbocycles. The van der Waals surface area contributed by atoms with Gasteiger partial charge in [0, 0.05) is 38.8 Å². The molecular weight excluding hydrogens is 228 g/mol. The van der Waals surface area contributed by atoms with Crippen molar-refractivity contribution in [1.29, 1.82) is 0 Å². The van der Waals surface area contributed by atoms with Gasteiger partial charge in [-0.3, -0.25) is 9.69 Å². The lowest BCUT2D eigenvalue weighted by Gasteiger charge is -2.37. The molecule has 104 valence electrons. The van der Waals surface area contributed by atoms with E-state index < -0.39 is 0 Å². The molecule has 0 aromatic carbocycles. The number of hydrogen-bond acceptors (Lipinski definition) is 4. The number of carbonyl (C=O) groups excluding carboxylic acids is 1. The van der Waals surface area contributed by atoms with Gasteiger partial charge in [0.2, 0.25) is 5.91 Å². The first-order chi connectivity index (χ1) is 8.56. The summed E-state index contributed by atoms with van der Waals surface area (Å²) in [4.78, 5) is 18.7. The Labute approximate surface area is 110 Å². The molecule has 2 heterocycles. The normalized spacial score (nSPS) is 31.6. The summed E-state index contributed by atoms with van der Waals surface area (Å²) in [5.74, 6) is 0.852. The first-order valence-electron chi connectivity index (χ1n) is 7.00. The lowest BCUT2D eigenvalue weighted by atomic mass is 9.94. The maximum Gasteiger partial charge on any atom is 0.236 e. The van der Waals surface area contributed by atoms with Crippen molar-refractivity contribution < 1.29 is 4.79 Å². The Hall–Kier alpha value is -0.650. The van der Waals surface area contributed by atoms with Gasteiger partial charge in [0.1, 0.15) is 0 Å². The van der Waals surface area contributed by atoms with Crippen molar-refractivity contribution in [2.24, 2.45) is 11.7 Å². The summed E-state index contributed by atoms with van der Waals surface area (Å²) < 4.78 is 0. The molecule has 2 fully saturated rings. The minimum atomic E-state index is 0.221. The van der Waals surface area contributed by atoms with Crippen molar-refractivity contribution in [1.82, 2.24) is 14.7 Å². The minimum absolute atomic E-state index is 0.221. The van der Waals surface area contributed by atoms with E-state index in [0.29, 0.717) is 12.5 Å². The standard InChI is InChI=1S/C13H26N4O/c1-11-3-4-16(9-12(11)14)10-13(18)17-7-5-15(2)6-8-17/h11-12H,3-10,14H2,1-2H3. The van der Waals surface area contributed by atoms with E-state index in [2.05, 4.69) is 23.8 Å². The van der Waals surface area contributed by atoms with E-state index in [-0.39, 0.29) is 11.9 Å². The van der Waals surface area contributed by atoms with E-state index in [0.717, 1.165) is 45.7 Å². The zero-order chi connectivity index (χ0) is 13.1. The molecule has 2 N–H and O–H groups in total. The van der Waals surface area contributed by atoms with Gasteiger partial charge in [0.15, 0.2) is 0 Å². The lowest BCUT2D eigenvalue weighted by molar-refractivity contribution is -0.134. The average Bonchev–Trinajstić information content (AvgIpc) is 2.34. The Morgan fingerprint density at radius 1 is 1.22 bits per heavy atom. The SMILES string of the molecule is CC1CCN(CC(=O)N2CCN(C)CC2)CC1N. The van der Waals surface area contributed by atoms with Crippen LogP contribution in [-0.4, -0.2) is 79.5 Å². The molecule has 2 aliphatic rings. The Balaban J connectivity index is 1.77. The van der Waals surface area contributed by atoms with Crippen LogP contribution >= 0.6 is 0 Å². The summed E-state index contributed by atoms with van der Waals surface area (Å²) in [6, 6.07) is 0.221. The van der Waals surface area contributed by atoms with Gasteiger partial charge in [-0.05, 0) is 25.9 Å². The average molecular weight is 254 g/mol. The molecule has 1 amide bonds. The molecule has 0 saturated carbocycles. The Morgan fingerprint density at radius 2 is 1.89 bits per heavy atom. The molecule has 0 bridgehead atoms. The Morgan fingerprint density at radius 3 is 2.50 bits per heavy atom. The fourth-order valence-corrected chi connectivity index (χ4v) is 2.66. The van der Waals surface area contributed by atoms with Crippen molar-refractivity contribution in [3.63, 3.8) is 0 Å². The number of hydrogen-bond donors (Lipinski definition) is 1. The van der Waals surface area contributed by atoms with Crippen LogP contribution in [0.2, 0.25) is 0 Å². The van der Waals surface area contributed by atoms with Crippen LogP contribution in [0.3, 0.4) is 0 Å². The highest BCUT2D eigenvalue weighted by atomic mass is 16.2. The number of nitrogens with two attached hydrogens (primary N) is 1. The third-order valence-corrected chi connectivity index (χ3v) is 4.32. The number of rotatable bonds is 2. The molecule has 0 aromatic rings. The number of amides is 1. The lowest BCUT2D eigenvalue weighted by Crippen LogP contribution is -2.53. The van der Waals surface area contributed by atoms with Crippen molar-refractivity contribution in [2.75, 3.05) is 52.9 Å². The Bertz CT molecular complexity index is 289. The van der Waals surface area contributed by atoms with E-state index in [1.54, 1.807) is 0 Å². The molecule has 0 spiro atoms. The first kappa shape index (κ1) is 13.8. The smallest absolute Gasteiger partial charge is 0.236 e. The highest BCUT2D eigenvalue weighted by Gasteiger charge is 2.26. The second-order valence-electron chi connectivity index (χ2n) is 5.85. The topological polar surface area (TPSA) is 52.8 Å². The fourth-order valence-electron chi connectivity index (χ4n) is 2.66. The number of nitrogens with zero attached hydrogens (tertiary/aromatic N) is 3. The quantitative estimate of drug-likeness (QED) is 0.717. The summed E-state index contributed by atoms with van der Waals surface area (Å²) in [5.41, 5.74) is 6.07. The van der Waals surface area contributed by atoms with E-state index in [1.807, 2.05) is 4.90 Å². The predicted molar refractivity (Wildman–Crippen MR) is 72.3 cm³/mol. The minimum Gasteiger partial charge on any atom is -0.339 e. The van der Waals surface area contributed by atoms with Crippen LogP contribution in [0, 0.1) is 5.92 Å². The second kappa shape index (κ2) is 5.99. The highest BCUT2D eigenvalue weighted by Crippen LogP contribution is 2.15. The van der Waals surface area contributed by atoms with E-state index >= 15 is 0 Å². The predicted octanol–water partition coefficient (Wildman–Crippen LogP) is -0.570. The van der Waals surface area contributed by atoms with Crippen LogP contribution in [0.5, 0.6) is 0 Å². The van der Waals surface area contributed by atoms with E-state index in [1.165, 1.54) is 0 Å². The number of likely N-dealkylation sites (N-methyl/N-ethyl adjacent to an activating group) is 1. The maximum absolute atomic E-state index is 12.2. The number of piperidine rings is 1. The highest BCUT2D eigenvalue weighted by molar-refractivity contribution is 5.78. The van der Waals surface area contributed by atoms with Crippen molar-refractivity contribution >= 4 is 5.91 Å². The molecule has 0 radical (unpaired) electrons. The van der Waals surface area contributed by atoms with Gasteiger partial charge in [0.05, 0.1) is 6.54 Å². The van der Waals surface area contributed by atoms with Gasteiger partial charge in [-0.25, -0.2) is 0 Å². The van der Waals surface area contributed by atoms with E-state index in [4.69, 9.17) is 5.73 Å². The third-order valence-electron chi connectivity index (χ3n) is 4.32. The van der Waals surface area contributed by atoms with Crippen LogP contribution < -0.4 is 5.73 Å². The molecular formula is C13H26N4O. The summed E-state index contributed by atoms with van der Waals surface area (Å²) >= 11 is 0. The molecule has 2 unspecified atom stereocenters. The number of carbonyl (C=O) groups is 1. The summed E-state index contributed by atoms with van der Waals surface area (Å²) in [5, 5.41) is 0. The second-order valence-corrected chi connectivity index (χ2v) is 5.85. The van der Waals surface area contributed by atoms with Crippen LogP contribution in [0.25, 0.3) is 0 Å². The van der Waals surface area contributed by atoms with Gasteiger partial charge in [-0.15, -0.1) is 0 Å². The third kappa shape index (κ3) is 3.43. The number of likely N-dealkylation sites (tertiary alicyclic amines) is 1. The van der Waals surface area contributed by atoms with Crippen LogP contribution in [-0.2, 0) is 4.79 Å². The van der Waals surface area contributed by atoms with Gasteiger partial charge in [-0.1, -0.05) is 6.92 Å². The molecule has 5 nitrogen and oxygen atoms in total. The van der Waals surface area contributed by atoms with Gasteiger partial charge in [0.25, 0.3) is 0 Å². The van der Waals surface area contributed by atoms with Crippen molar-refractivity contribution in [3.05, 3.63) is 0 Å². The molecule has 0 aromatic heterocycles. The zero-order valence-corrected chi connectivity index (χ0v) is 11.6. The van der Waals surface area contributed by atoms with Crippen molar-refractivity contribution in [2.45, 2.75) is 19.4 Å². The van der Waals surface area contributed by atoms with E-state index in [9.17, 15) is 4.79 Å². The fraction of sp³-hybridized carbons (Fsp3) is 0.923. The molecule has 2 saturated heterocycles. The molecule has 5 heteroatoms. The van der Waals surface area contributed by atoms with Crippen LogP contribution in [0.1, 0.15) is 13.3 Å². The number of piperazine rings is 1. The summed E-state index contributed by atoms with van der Waals surface area (Å²) in [7, 11) is 2.10. The zero-order valence-electron chi connectivity index (χ0n) is 11.6.